The fourth-order valence-corrected chi connectivity index (χ4v) is 5.27. The summed E-state index contributed by atoms with van der Waals surface area (Å²) in [5.41, 5.74) is 4.36. The Kier molecular flexibility index (Phi) is 13.4. The lowest BCUT2D eigenvalue weighted by Crippen LogP contribution is -2.76. The van der Waals surface area contributed by atoms with E-state index in [9.17, 15) is 41.1 Å². The normalized spacial score (nSPS) is 16.4. The van der Waals surface area contributed by atoms with E-state index in [4.69, 9.17) is 29.8 Å². The summed E-state index contributed by atoms with van der Waals surface area (Å²) in [6.07, 6.45) is -6.88. The van der Waals surface area contributed by atoms with Crippen LogP contribution in [0.5, 0.6) is 5.75 Å². The predicted octanol–water partition coefficient (Wildman–Crippen LogP) is -0.217. The second-order valence-corrected chi connectivity index (χ2v) is 14.6. The lowest BCUT2D eigenvalue weighted by atomic mass is 9.84. The summed E-state index contributed by atoms with van der Waals surface area (Å²) in [4.78, 5) is 60.3. The molecule has 4 rings (SSSR count). The number of hydrogen-bond donors (Lipinski definition) is 5. The summed E-state index contributed by atoms with van der Waals surface area (Å²) >= 11 is 0.960. The molecule has 2 unspecified atom stereocenters. The Balaban J connectivity index is 0.00000102. The number of nitrogens with zero attached hydrogens (tertiary/aromatic N) is 5. The molecular formula is C29H35F3N8O12S2. The number of ether oxygens (including phenoxy) is 1. The second kappa shape index (κ2) is 16.8. The Morgan fingerprint density at radius 2 is 1.83 bits per heavy atom. The van der Waals surface area contributed by atoms with Gasteiger partial charge >= 0.3 is 22.5 Å². The predicted molar refractivity (Wildman–Crippen MR) is 181 cm³/mol. The van der Waals surface area contributed by atoms with Gasteiger partial charge in [-0.25, -0.2) is 14.8 Å². The van der Waals surface area contributed by atoms with Gasteiger partial charge in [0.15, 0.2) is 10.8 Å². The van der Waals surface area contributed by atoms with Gasteiger partial charge in [0.25, 0.3) is 17.9 Å². The number of benzene rings is 1. The summed E-state index contributed by atoms with van der Waals surface area (Å²) < 4.78 is 73.4. The Morgan fingerprint density at radius 3 is 2.35 bits per heavy atom. The van der Waals surface area contributed by atoms with Crippen LogP contribution >= 0.6 is 11.3 Å². The zero-order valence-electron chi connectivity index (χ0n) is 29.0. The third kappa shape index (κ3) is 12.1. The number of aliphatic carboxylic acids is 2. The maximum Gasteiger partial charge on any atom is 0.430 e. The zero-order chi connectivity index (χ0) is 40.8. The van der Waals surface area contributed by atoms with Gasteiger partial charge < -0.3 is 45.4 Å². The smallest absolute Gasteiger partial charge is 0.430 e. The number of oxime groups is 1. The number of pyridine rings is 1. The quantitative estimate of drug-likeness (QED) is 0.0436. The van der Waals surface area contributed by atoms with Crippen molar-refractivity contribution >= 4 is 73.1 Å². The van der Waals surface area contributed by atoms with Crippen molar-refractivity contribution in [3.63, 3.8) is 0 Å². The van der Waals surface area contributed by atoms with Crippen LogP contribution in [0.3, 0.4) is 0 Å². The van der Waals surface area contributed by atoms with Crippen LogP contribution in [-0.4, -0.2) is 132 Å². The minimum Gasteiger partial charge on any atom is -0.542 e. The molecule has 1 aromatic carbocycles. The number of carbonyl (C=O) groups excluding carboxylic acids is 3. The number of nitrogens with two attached hydrogens (primary N) is 1. The summed E-state index contributed by atoms with van der Waals surface area (Å²) in [5, 5.41) is 30.5. The highest BCUT2D eigenvalue weighted by Gasteiger charge is 2.58. The third-order valence-electron chi connectivity index (χ3n) is 7.03. The number of carboxylic acid groups (broad SMARTS) is 2. The van der Waals surface area contributed by atoms with Crippen LogP contribution < -0.4 is 26.2 Å². The number of nitrogen functional groups attached to an aromatic ring is 1. The number of nitrogens with one attached hydrogen (secondary N) is 2. The van der Waals surface area contributed by atoms with E-state index in [1.807, 2.05) is 12.1 Å². The van der Waals surface area contributed by atoms with E-state index in [0.717, 1.165) is 34.3 Å². The summed E-state index contributed by atoms with van der Waals surface area (Å²) in [6, 6.07) is 7.39. The Bertz CT molecular complexity index is 2020. The molecule has 6 N–H and O–H groups in total. The van der Waals surface area contributed by atoms with Crippen LogP contribution in [0.1, 0.15) is 19.5 Å². The minimum absolute atomic E-state index is 0.0595. The minimum atomic E-state index is -5.19. The number of rotatable bonds is 15. The van der Waals surface area contributed by atoms with Crippen molar-refractivity contribution in [1.82, 2.24) is 20.3 Å². The number of fused-ring (bicyclic) bond motifs is 1. The molecule has 0 bridgehead atoms. The number of likely N-dealkylation sites (N-methyl/N-ethyl adjacent to an activating group) is 1. The molecule has 2 atom stereocenters. The van der Waals surface area contributed by atoms with Crippen LogP contribution in [-0.2, 0) is 38.7 Å². The van der Waals surface area contributed by atoms with Crippen molar-refractivity contribution in [3.05, 3.63) is 41.4 Å². The van der Waals surface area contributed by atoms with Gasteiger partial charge in [-0.2, -0.15) is 26.7 Å². The van der Waals surface area contributed by atoms with E-state index in [-0.39, 0.29) is 10.8 Å². The topological polar surface area (TPSA) is 285 Å². The molecular weight excluding hydrogens is 773 g/mol. The largest absolute Gasteiger partial charge is 0.542 e. The molecule has 2 aromatic heterocycles. The van der Waals surface area contributed by atoms with Crippen LogP contribution in [0.15, 0.2) is 40.9 Å². The third-order valence-corrected chi connectivity index (χ3v) is 8.04. The number of anilines is 2. The molecule has 1 saturated heterocycles. The second-order valence-electron chi connectivity index (χ2n) is 12.7. The van der Waals surface area contributed by atoms with Gasteiger partial charge in [0.2, 0.25) is 0 Å². The molecule has 20 nitrogen and oxygen atoms in total. The van der Waals surface area contributed by atoms with Crippen molar-refractivity contribution in [3.8, 4) is 5.75 Å². The molecule has 3 aromatic rings. The summed E-state index contributed by atoms with van der Waals surface area (Å²) in [6.45, 7) is 3.86. The fraction of sp³-hybridized carbons (Fsp3) is 0.414. The Labute approximate surface area is 308 Å². The molecule has 25 heteroatoms. The first kappa shape index (κ1) is 43.0. The average Bonchev–Trinajstić information content (AvgIpc) is 3.47. The van der Waals surface area contributed by atoms with E-state index in [1.54, 1.807) is 18.2 Å². The SMILES string of the molecule is CC1(C)C(NC(=O)C(=NOC(COc2ccc3nc(NCC[N+](C)(C)C)ccc3c2)C(=O)O)c2csc(N)n2)C(=O)N1OS(=O)(=O)O.O=C([O-])C(F)(F)F. The molecule has 1 aliphatic heterocycles. The number of β-lactam (4-membered cyclic amide) rings is 1. The number of thiazole rings is 1. The van der Waals surface area contributed by atoms with Gasteiger partial charge in [-0.15, -0.1) is 15.6 Å². The maximum atomic E-state index is 13.2. The lowest BCUT2D eigenvalue weighted by molar-refractivity contribution is -0.868. The van der Waals surface area contributed by atoms with Crippen molar-refractivity contribution in [2.45, 2.75) is 37.7 Å². The molecule has 0 aliphatic carbocycles. The van der Waals surface area contributed by atoms with Crippen molar-refractivity contribution in [1.29, 1.82) is 0 Å². The first-order valence-corrected chi connectivity index (χ1v) is 17.4. The zero-order valence-corrected chi connectivity index (χ0v) is 30.6. The Hall–Kier alpha value is -5.37. The number of alkyl halides is 3. The van der Waals surface area contributed by atoms with Crippen molar-refractivity contribution in [2.24, 2.45) is 5.16 Å². The molecule has 3 heterocycles. The average molecular weight is 809 g/mol. The van der Waals surface area contributed by atoms with Gasteiger partial charge in [0, 0.05) is 10.8 Å². The van der Waals surface area contributed by atoms with Crippen molar-refractivity contribution < 1.29 is 73.9 Å². The van der Waals surface area contributed by atoms with Crippen LogP contribution in [0.2, 0.25) is 0 Å². The number of carboxylic acids is 2. The van der Waals surface area contributed by atoms with Crippen LogP contribution in [0.4, 0.5) is 24.1 Å². The standard InChI is InChI=1S/C27H34N8O10S2.C2HF3O2/c1-27(2)22(24(37)34(27)45-47(40,41)42)32-23(36)21(18-14-46-26(28)31-18)33-44-19(25(38)39)13-43-16-7-8-17-15(12-16)6-9-20(30-17)29-10-11-35(3,4)5;3-2(4,5)1(6)7/h6-9,12,14,19,22H,10-11,13H2,1-5H3,(H5-,28,29,30,31,32,36,38,39,40,41,42);(H,6,7). The first-order valence-electron chi connectivity index (χ1n) is 15.1. The molecule has 0 spiro atoms. The number of carbonyl (C=O) groups is 4. The van der Waals surface area contributed by atoms with E-state index in [2.05, 4.69) is 51.2 Å². The van der Waals surface area contributed by atoms with Gasteiger partial charge in [-0.3, -0.25) is 14.1 Å². The molecule has 0 saturated carbocycles. The molecule has 54 heavy (non-hydrogen) atoms. The molecule has 1 aliphatic rings. The number of halogens is 3. The number of aromatic nitrogens is 2. The van der Waals surface area contributed by atoms with E-state index < -0.39 is 70.3 Å². The van der Waals surface area contributed by atoms with Gasteiger partial charge in [0.1, 0.15) is 35.9 Å². The summed E-state index contributed by atoms with van der Waals surface area (Å²) in [7, 11) is 1.27. The highest BCUT2D eigenvalue weighted by Crippen LogP contribution is 2.33. The monoisotopic (exact) mass is 808 g/mol. The fourth-order valence-electron chi connectivity index (χ4n) is 4.27. The van der Waals surface area contributed by atoms with E-state index in [0.29, 0.717) is 22.1 Å². The highest BCUT2D eigenvalue weighted by molar-refractivity contribution is 7.80. The lowest BCUT2D eigenvalue weighted by Gasteiger charge is -2.50. The molecule has 1 fully saturated rings. The number of quaternary nitrogens is 1. The number of amides is 2. The number of hydrogen-bond acceptors (Lipinski definition) is 16. The molecule has 0 radical (unpaired) electrons. The maximum absolute atomic E-state index is 13.2. The van der Waals surface area contributed by atoms with Crippen LogP contribution in [0.25, 0.3) is 10.9 Å². The van der Waals surface area contributed by atoms with Gasteiger partial charge in [-0.1, -0.05) is 5.16 Å². The van der Waals surface area contributed by atoms with Crippen LogP contribution in [0, 0.1) is 0 Å². The van der Waals surface area contributed by atoms with E-state index >= 15 is 0 Å². The first-order chi connectivity index (χ1) is 24.8. The highest BCUT2D eigenvalue weighted by atomic mass is 32.3. The number of hydroxylamine groups is 2. The van der Waals surface area contributed by atoms with Gasteiger partial charge in [-0.05, 0) is 44.2 Å². The van der Waals surface area contributed by atoms with E-state index in [1.165, 1.54) is 19.2 Å². The Morgan fingerprint density at radius 1 is 1.19 bits per heavy atom. The van der Waals surface area contributed by atoms with Gasteiger partial charge in [0.05, 0.1) is 45.3 Å². The molecule has 2 amide bonds. The summed E-state index contributed by atoms with van der Waals surface area (Å²) in [5.74, 6) is -5.43. The van der Waals surface area contributed by atoms with Crippen molar-refractivity contribution in [2.75, 3.05) is 51.9 Å². The molecule has 296 valence electrons.